The van der Waals surface area contributed by atoms with Crippen LogP contribution in [0.15, 0.2) is 66.3 Å². The molecule has 0 amide bonds. The second-order valence-corrected chi connectivity index (χ2v) is 4.96. The number of fused-ring (bicyclic) bond motifs is 2. The van der Waals surface area contributed by atoms with Crippen LogP contribution in [0.25, 0.3) is 10.8 Å². The van der Waals surface area contributed by atoms with Gasteiger partial charge in [-0.15, -0.1) is 48.2 Å². The van der Waals surface area contributed by atoms with E-state index in [1.807, 2.05) is 0 Å². The van der Waals surface area contributed by atoms with Crippen LogP contribution < -0.4 is 24.8 Å². The number of rotatable bonds is 0. The first-order chi connectivity index (χ1) is 8.93. The Hall–Kier alpha value is -0.357. The van der Waals surface area contributed by atoms with E-state index < -0.39 is 0 Å². The Morgan fingerprint density at radius 2 is 1.86 bits per heavy atom. The molecule has 0 bridgehead atoms. The van der Waals surface area contributed by atoms with Crippen molar-refractivity contribution in [3.63, 3.8) is 0 Å². The Labute approximate surface area is 159 Å². The number of benzene rings is 1. The van der Waals surface area contributed by atoms with Crippen molar-refractivity contribution in [2.24, 2.45) is 5.92 Å². The minimum Gasteiger partial charge on any atom is -1.00 e. The molecule has 0 heterocycles. The van der Waals surface area contributed by atoms with Crippen molar-refractivity contribution >= 4 is 10.8 Å². The average molecular weight is 396 g/mol. The first-order valence-electron chi connectivity index (χ1n) is 6.74. The van der Waals surface area contributed by atoms with E-state index >= 15 is 0 Å². The molecule has 1 saturated carbocycles. The molecular weight excluding hydrogens is 378 g/mol. The molecule has 1 fully saturated rings. The minimum atomic E-state index is 0. The average Bonchev–Trinajstić information content (AvgIpc) is 3.08. The van der Waals surface area contributed by atoms with Crippen molar-refractivity contribution in [1.29, 1.82) is 0 Å². The van der Waals surface area contributed by atoms with Crippen molar-refractivity contribution in [1.82, 2.24) is 0 Å². The summed E-state index contributed by atoms with van der Waals surface area (Å²) < 4.78 is 0. The van der Waals surface area contributed by atoms with Crippen molar-refractivity contribution in [2.75, 3.05) is 0 Å². The molecule has 0 radical (unpaired) electrons. The van der Waals surface area contributed by atoms with E-state index in [0.717, 1.165) is 5.92 Å². The second-order valence-electron chi connectivity index (χ2n) is 4.96. The molecule has 2 aromatic carbocycles. The molecule has 1 atom stereocenters. The molecule has 108 valence electrons. The number of allylic oxidation sites excluding steroid dienone is 4. The van der Waals surface area contributed by atoms with Crippen molar-refractivity contribution in [3.05, 3.63) is 72.7 Å². The fourth-order valence-electron chi connectivity index (χ4n) is 2.73. The molecule has 3 heteroatoms. The van der Waals surface area contributed by atoms with Gasteiger partial charge in [-0.25, -0.2) is 18.1 Å². The van der Waals surface area contributed by atoms with Gasteiger partial charge >= 0.3 is 26.2 Å². The minimum absolute atomic E-state index is 0. The zero-order valence-corrected chi connectivity index (χ0v) is 15.8. The van der Waals surface area contributed by atoms with Crippen LogP contribution in [0.3, 0.4) is 0 Å². The number of halogens is 2. The maximum absolute atomic E-state index is 2.37. The summed E-state index contributed by atoms with van der Waals surface area (Å²) in [5.41, 5.74) is 1.58. The van der Waals surface area contributed by atoms with Gasteiger partial charge in [0.2, 0.25) is 0 Å². The van der Waals surface area contributed by atoms with Gasteiger partial charge in [0.1, 0.15) is 0 Å². The largest absolute Gasteiger partial charge is 4.00 e. The fraction of sp³-hybridized carbons (Fsp3) is 0.222. The normalized spacial score (nSPS) is 17.7. The fourth-order valence-corrected chi connectivity index (χ4v) is 2.73. The number of hydrogen-bond acceptors (Lipinski definition) is 0. The van der Waals surface area contributed by atoms with Gasteiger partial charge in [0.05, 0.1) is 0 Å². The van der Waals surface area contributed by atoms with Crippen LogP contribution in [0.1, 0.15) is 19.3 Å². The van der Waals surface area contributed by atoms with Crippen LogP contribution in [0.2, 0.25) is 0 Å². The molecule has 4 rings (SSSR count). The van der Waals surface area contributed by atoms with Gasteiger partial charge in [-0.1, -0.05) is 12.5 Å². The summed E-state index contributed by atoms with van der Waals surface area (Å²) in [6.07, 6.45) is 13.0. The Balaban J connectivity index is 0.000000333. The summed E-state index contributed by atoms with van der Waals surface area (Å²) in [6.45, 7) is 0. The molecule has 0 spiro atoms. The Bertz CT molecular complexity index is 553. The van der Waals surface area contributed by atoms with Crippen LogP contribution in [-0.2, 0) is 26.2 Å². The molecular formula is C18H18Cl2Zr. The molecule has 2 aliphatic carbocycles. The first-order valence-corrected chi connectivity index (χ1v) is 6.74. The first kappa shape index (κ1) is 20.6. The van der Waals surface area contributed by atoms with Gasteiger partial charge in [0.25, 0.3) is 0 Å². The van der Waals surface area contributed by atoms with E-state index in [1.54, 1.807) is 5.57 Å². The third-order valence-corrected chi connectivity index (χ3v) is 3.76. The molecule has 21 heavy (non-hydrogen) atoms. The summed E-state index contributed by atoms with van der Waals surface area (Å²) in [5, 5.41) is 2.66. The van der Waals surface area contributed by atoms with Gasteiger partial charge in [-0.2, -0.15) is 17.5 Å². The zero-order valence-electron chi connectivity index (χ0n) is 11.8. The van der Waals surface area contributed by atoms with Gasteiger partial charge in [-0.3, -0.25) is 0 Å². The van der Waals surface area contributed by atoms with Gasteiger partial charge in [-0.05, 0) is 12.3 Å². The Kier molecular flexibility index (Phi) is 10.2. The molecule has 0 nitrogen and oxygen atoms in total. The summed E-state index contributed by atoms with van der Waals surface area (Å²) in [5.74, 6) is 0.884. The predicted octanol–water partition coefficient (Wildman–Crippen LogP) is -0.949. The maximum atomic E-state index is 2.37. The van der Waals surface area contributed by atoms with E-state index in [1.165, 1.54) is 30.0 Å². The van der Waals surface area contributed by atoms with E-state index in [4.69, 9.17) is 0 Å². The second kappa shape index (κ2) is 10.4. The van der Waals surface area contributed by atoms with Gasteiger partial charge in [0, 0.05) is 0 Å². The quantitative estimate of drug-likeness (QED) is 0.504. The monoisotopic (exact) mass is 394 g/mol. The molecule has 0 saturated heterocycles. The van der Waals surface area contributed by atoms with Crippen LogP contribution in [0.5, 0.6) is 0 Å². The SMILES string of the molecule is C1=CCC2CC[CH-]C2=C1.[Cl-].[Cl-].[Zr+4].c1ccc2[cH-]ccc2c1. The molecule has 0 aromatic heterocycles. The van der Waals surface area contributed by atoms with E-state index in [0.29, 0.717) is 0 Å². The Morgan fingerprint density at radius 3 is 2.62 bits per heavy atom. The van der Waals surface area contributed by atoms with E-state index in [-0.39, 0.29) is 51.0 Å². The summed E-state index contributed by atoms with van der Waals surface area (Å²) >= 11 is 0. The third-order valence-electron chi connectivity index (χ3n) is 3.76. The summed E-state index contributed by atoms with van der Waals surface area (Å²) in [7, 11) is 0. The molecule has 2 aliphatic rings. The molecule has 2 aromatic rings. The van der Waals surface area contributed by atoms with Crippen LogP contribution in [0, 0.1) is 12.3 Å². The maximum Gasteiger partial charge on any atom is 4.00 e. The smallest absolute Gasteiger partial charge is 1.00 e. The van der Waals surface area contributed by atoms with Crippen molar-refractivity contribution < 1.29 is 51.0 Å². The molecule has 0 N–H and O–H groups in total. The third kappa shape index (κ3) is 5.40. The van der Waals surface area contributed by atoms with Crippen molar-refractivity contribution in [2.45, 2.75) is 19.3 Å². The predicted molar refractivity (Wildman–Crippen MR) is 78.4 cm³/mol. The summed E-state index contributed by atoms with van der Waals surface area (Å²) in [6, 6.07) is 14.7. The summed E-state index contributed by atoms with van der Waals surface area (Å²) in [4.78, 5) is 0. The zero-order chi connectivity index (χ0) is 12.2. The topological polar surface area (TPSA) is 0 Å². The van der Waals surface area contributed by atoms with Crippen LogP contribution in [-0.4, -0.2) is 0 Å². The van der Waals surface area contributed by atoms with Crippen LogP contribution in [0.4, 0.5) is 0 Å². The standard InChI is InChI=1S/C9H11.C9H7.2ClH.Zr/c2*1-2-5-9-7-3-6-8(9)4-1;;;/h1-2,4,6,9H,3,5,7H2;1-7H;2*1H;/q2*-1;;;+4/p-2. The van der Waals surface area contributed by atoms with E-state index in [9.17, 15) is 0 Å². The van der Waals surface area contributed by atoms with E-state index in [2.05, 4.69) is 67.1 Å². The molecule has 0 aliphatic heterocycles. The molecule has 1 unspecified atom stereocenters. The van der Waals surface area contributed by atoms with Gasteiger partial charge < -0.3 is 24.8 Å². The van der Waals surface area contributed by atoms with Crippen molar-refractivity contribution in [3.8, 4) is 0 Å². The van der Waals surface area contributed by atoms with Gasteiger partial charge in [0.15, 0.2) is 0 Å². The van der Waals surface area contributed by atoms with Crippen LogP contribution >= 0.6 is 0 Å². The Morgan fingerprint density at radius 1 is 1.05 bits per heavy atom. The number of hydrogen-bond donors (Lipinski definition) is 0.